The van der Waals surface area contributed by atoms with E-state index in [0.717, 1.165) is 12.1 Å². The van der Waals surface area contributed by atoms with Gasteiger partial charge in [-0.3, -0.25) is 0 Å². The van der Waals surface area contributed by atoms with Gasteiger partial charge in [0.25, 0.3) is 0 Å². The zero-order chi connectivity index (χ0) is 15.6. The molecule has 2 aromatic carbocycles. The van der Waals surface area contributed by atoms with Crippen molar-refractivity contribution in [1.29, 1.82) is 0 Å². The summed E-state index contributed by atoms with van der Waals surface area (Å²) in [5.74, 6) is 0. The van der Waals surface area contributed by atoms with Crippen molar-refractivity contribution in [1.82, 2.24) is 0 Å². The predicted octanol–water partition coefficient (Wildman–Crippen LogP) is 5.25. The normalized spacial score (nSPS) is 13.2. The summed E-state index contributed by atoms with van der Waals surface area (Å²) in [5, 5.41) is 0.924. The van der Waals surface area contributed by atoms with Gasteiger partial charge in [-0.05, 0) is 41.8 Å². The van der Waals surface area contributed by atoms with E-state index in [1.165, 1.54) is 6.07 Å². The SMILES string of the molecule is NC(Cc1cccc(C(F)(F)F)c1)c1cc(Cl)ccc1Cl. The van der Waals surface area contributed by atoms with E-state index >= 15 is 0 Å². The molecule has 2 N–H and O–H groups in total. The molecule has 0 fully saturated rings. The Balaban J connectivity index is 2.23. The Labute approximate surface area is 130 Å². The van der Waals surface area contributed by atoms with Gasteiger partial charge in [0.05, 0.1) is 5.56 Å². The lowest BCUT2D eigenvalue weighted by Gasteiger charge is -2.15. The Hall–Kier alpha value is -1.23. The molecule has 0 aliphatic carbocycles. The van der Waals surface area contributed by atoms with Crippen molar-refractivity contribution in [2.45, 2.75) is 18.6 Å². The quantitative estimate of drug-likeness (QED) is 0.815. The van der Waals surface area contributed by atoms with E-state index in [-0.39, 0.29) is 6.42 Å². The lowest BCUT2D eigenvalue weighted by Crippen LogP contribution is -2.14. The third kappa shape index (κ3) is 4.13. The summed E-state index contributed by atoms with van der Waals surface area (Å²) >= 11 is 11.9. The molecule has 0 saturated carbocycles. The minimum absolute atomic E-state index is 0.240. The number of hydrogen-bond donors (Lipinski definition) is 1. The summed E-state index contributed by atoms with van der Waals surface area (Å²) in [6.07, 6.45) is -4.13. The molecule has 0 aliphatic heterocycles. The zero-order valence-electron chi connectivity index (χ0n) is 10.8. The van der Waals surface area contributed by atoms with Gasteiger partial charge in [-0.25, -0.2) is 0 Å². The minimum Gasteiger partial charge on any atom is -0.324 e. The summed E-state index contributed by atoms with van der Waals surface area (Å²) < 4.78 is 38.0. The smallest absolute Gasteiger partial charge is 0.324 e. The van der Waals surface area contributed by atoms with Gasteiger partial charge in [-0.2, -0.15) is 13.2 Å². The Bertz CT molecular complexity index is 641. The van der Waals surface area contributed by atoms with Gasteiger partial charge in [-0.1, -0.05) is 41.4 Å². The maximum atomic E-state index is 12.7. The highest BCUT2D eigenvalue weighted by Crippen LogP contribution is 2.31. The fourth-order valence-electron chi connectivity index (χ4n) is 2.04. The summed E-state index contributed by atoms with van der Waals surface area (Å²) in [4.78, 5) is 0. The van der Waals surface area contributed by atoms with Crippen LogP contribution >= 0.6 is 23.2 Å². The molecule has 21 heavy (non-hydrogen) atoms. The number of hydrogen-bond acceptors (Lipinski definition) is 1. The maximum Gasteiger partial charge on any atom is 0.416 e. The van der Waals surface area contributed by atoms with Crippen molar-refractivity contribution in [3.05, 3.63) is 69.2 Å². The average Bonchev–Trinajstić information content (AvgIpc) is 2.41. The third-order valence-corrected chi connectivity index (χ3v) is 3.65. The first-order valence-electron chi connectivity index (χ1n) is 6.14. The second-order valence-electron chi connectivity index (χ2n) is 4.67. The van der Waals surface area contributed by atoms with Gasteiger partial charge in [0.1, 0.15) is 0 Å². The first-order valence-corrected chi connectivity index (χ1v) is 6.89. The largest absolute Gasteiger partial charge is 0.416 e. The molecular weight excluding hydrogens is 322 g/mol. The van der Waals surface area contributed by atoms with E-state index < -0.39 is 17.8 Å². The van der Waals surface area contributed by atoms with E-state index in [9.17, 15) is 13.2 Å². The average molecular weight is 334 g/mol. The first-order chi connectivity index (χ1) is 9.77. The van der Waals surface area contributed by atoms with Crippen LogP contribution in [0.1, 0.15) is 22.7 Å². The molecule has 1 unspecified atom stereocenters. The van der Waals surface area contributed by atoms with Crippen molar-refractivity contribution in [3.8, 4) is 0 Å². The van der Waals surface area contributed by atoms with Crippen LogP contribution in [0, 0.1) is 0 Å². The topological polar surface area (TPSA) is 26.0 Å². The summed E-state index contributed by atoms with van der Waals surface area (Å²) in [5.41, 5.74) is 6.45. The highest BCUT2D eigenvalue weighted by molar-refractivity contribution is 6.33. The first kappa shape index (κ1) is 16.1. The molecule has 2 aromatic rings. The number of alkyl halides is 3. The Morgan fingerprint density at radius 2 is 1.76 bits per heavy atom. The molecule has 0 saturated heterocycles. The second kappa shape index (κ2) is 6.26. The molecule has 112 valence electrons. The highest BCUT2D eigenvalue weighted by atomic mass is 35.5. The Kier molecular flexibility index (Phi) is 4.81. The second-order valence-corrected chi connectivity index (χ2v) is 5.52. The summed E-state index contributed by atoms with van der Waals surface area (Å²) in [7, 11) is 0. The molecule has 1 atom stereocenters. The van der Waals surface area contributed by atoms with Gasteiger partial charge in [0.2, 0.25) is 0 Å². The fourth-order valence-corrected chi connectivity index (χ4v) is 2.48. The van der Waals surface area contributed by atoms with Crippen LogP contribution in [-0.4, -0.2) is 0 Å². The van der Waals surface area contributed by atoms with Crippen LogP contribution in [0.25, 0.3) is 0 Å². The number of rotatable bonds is 3. The molecule has 6 heteroatoms. The molecule has 0 aliphatic rings. The van der Waals surface area contributed by atoms with Gasteiger partial charge in [-0.15, -0.1) is 0 Å². The van der Waals surface area contributed by atoms with Crippen LogP contribution in [-0.2, 0) is 12.6 Å². The van der Waals surface area contributed by atoms with Crippen molar-refractivity contribution in [3.63, 3.8) is 0 Å². The lowest BCUT2D eigenvalue weighted by molar-refractivity contribution is -0.137. The van der Waals surface area contributed by atoms with E-state index in [0.29, 0.717) is 21.2 Å². The molecule has 0 radical (unpaired) electrons. The molecule has 0 aromatic heterocycles. The van der Waals surface area contributed by atoms with Crippen LogP contribution in [0.2, 0.25) is 10.0 Å². The molecule has 1 nitrogen and oxygen atoms in total. The molecule has 0 spiro atoms. The Morgan fingerprint density at radius 3 is 2.43 bits per heavy atom. The number of benzene rings is 2. The van der Waals surface area contributed by atoms with E-state index in [1.807, 2.05) is 0 Å². The fraction of sp³-hybridized carbons (Fsp3) is 0.200. The van der Waals surface area contributed by atoms with Gasteiger partial charge < -0.3 is 5.73 Å². The van der Waals surface area contributed by atoms with Crippen molar-refractivity contribution >= 4 is 23.2 Å². The van der Waals surface area contributed by atoms with Gasteiger partial charge in [0.15, 0.2) is 0 Å². The molecule has 2 rings (SSSR count). The predicted molar refractivity (Wildman–Crippen MR) is 78.5 cm³/mol. The van der Waals surface area contributed by atoms with Crippen molar-refractivity contribution in [2.24, 2.45) is 5.73 Å². The van der Waals surface area contributed by atoms with E-state index in [1.54, 1.807) is 24.3 Å². The van der Waals surface area contributed by atoms with Crippen molar-refractivity contribution in [2.75, 3.05) is 0 Å². The number of nitrogens with two attached hydrogens (primary N) is 1. The summed E-state index contributed by atoms with van der Waals surface area (Å²) in [6, 6.07) is 9.44. The third-order valence-electron chi connectivity index (χ3n) is 3.07. The summed E-state index contributed by atoms with van der Waals surface area (Å²) in [6.45, 7) is 0. The highest BCUT2D eigenvalue weighted by Gasteiger charge is 2.30. The van der Waals surface area contributed by atoms with Crippen molar-refractivity contribution < 1.29 is 13.2 Å². The van der Waals surface area contributed by atoms with Crippen LogP contribution in [0.15, 0.2) is 42.5 Å². The molecule has 0 bridgehead atoms. The minimum atomic E-state index is -4.37. The maximum absolute atomic E-state index is 12.7. The van der Waals surface area contributed by atoms with Gasteiger partial charge >= 0.3 is 6.18 Å². The van der Waals surface area contributed by atoms with Crippen LogP contribution in [0.4, 0.5) is 13.2 Å². The molecule has 0 amide bonds. The standard InChI is InChI=1S/C15H12Cl2F3N/c16-11-4-5-13(17)12(8-11)14(21)7-9-2-1-3-10(6-9)15(18,19)20/h1-6,8,14H,7,21H2. The molecule has 0 heterocycles. The van der Waals surface area contributed by atoms with Crippen LogP contribution in [0.5, 0.6) is 0 Å². The monoisotopic (exact) mass is 333 g/mol. The van der Waals surface area contributed by atoms with Crippen LogP contribution in [0.3, 0.4) is 0 Å². The van der Waals surface area contributed by atoms with Crippen LogP contribution < -0.4 is 5.73 Å². The van der Waals surface area contributed by atoms with E-state index in [4.69, 9.17) is 28.9 Å². The van der Waals surface area contributed by atoms with E-state index in [2.05, 4.69) is 0 Å². The zero-order valence-corrected chi connectivity index (χ0v) is 12.3. The Morgan fingerprint density at radius 1 is 1.05 bits per heavy atom. The number of halogens is 5. The van der Waals surface area contributed by atoms with Gasteiger partial charge in [0, 0.05) is 16.1 Å². The lowest BCUT2D eigenvalue weighted by atomic mass is 9.98. The molecular formula is C15H12Cl2F3N.